The van der Waals surface area contributed by atoms with Gasteiger partial charge >= 0.3 is 0 Å². The summed E-state index contributed by atoms with van der Waals surface area (Å²) in [6.07, 6.45) is 1.50. The predicted molar refractivity (Wildman–Crippen MR) is 86.1 cm³/mol. The van der Waals surface area contributed by atoms with Crippen molar-refractivity contribution in [1.29, 1.82) is 0 Å². The van der Waals surface area contributed by atoms with Gasteiger partial charge in [-0.25, -0.2) is 10.1 Å². The molecule has 1 aromatic heterocycles. The van der Waals surface area contributed by atoms with Crippen LogP contribution in [0.3, 0.4) is 0 Å². The average Bonchev–Trinajstić information content (AvgIpc) is 3.00. The molecule has 0 aliphatic carbocycles. The van der Waals surface area contributed by atoms with Crippen LogP contribution in [-0.4, -0.2) is 32.2 Å². The van der Waals surface area contributed by atoms with E-state index in [1.54, 1.807) is 35.9 Å². The van der Waals surface area contributed by atoms with Gasteiger partial charge in [0, 0.05) is 0 Å². The molecule has 0 radical (unpaired) electrons. The number of amides is 1. The van der Waals surface area contributed by atoms with Crippen molar-refractivity contribution >= 4 is 23.2 Å². The van der Waals surface area contributed by atoms with E-state index < -0.39 is 6.04 Å². The highest BCUT2D eigenvalue weighted by Crippen LogP contribution is 2.15. The highest BCUT2D eigenvalue weighted by molar-refractivity contribution is 5.85. The van der Waals surface area contributed by atoms with Crippen LogP contribution >= 0.6 is 0 Å². The van der Waals surface area contributed by atoms with Crippen molar-refractivity contribution in [1.82, 2.24) is 20.4 Å². The van der Waals surface area contributed by atoms with Crippen molar-refractivity contribution in [2.24, 2.45) is 5.10 Å². The van der Waals surface area contributed by atoms with Crippen LogP contribution in [0.25, 0.3) is 11.0 Å². The molecular weight excluding hydrogens is 294 g/mol. The number of nitrogens with zero attached hydrogens (tertiary/aromatic N) is 4. The monoisotopic (exact) mass is 309 g/mol. The van der Waals surface area contributed by atoms with Crippen molar-refractivity contribution in [3.63, 3.8) is 0 Å². The van der Waals surface area contributed by atoms with Gasteiger partial charge in [0.1, 0.15) is 17.3 Å². The maximum atomic E-state index is 12.2. The largest absolute Gasteiger partial charge is 0.508 e. The Morgan fingerprint density at radius 3 is 2.78 bits per heavy atom. The summed E-state index contributed by atoms with van der Waals surface area (Å²) in [6.45, 7) is 1.73. The zero-order valence-corrected chi connectivity index (χ0v) is 12.4. The Kier molecular flexibility index (Phi) is 4.01. The van der Waals surface area contributed by atoms with Crippen LogP contribution in [0, 0.1) is 0 Å². The predicted octanol–water partition coefficient (Wildman–Crippen LogP) is 1.85. The van der Waals surface area contributed by atoms with Gasteiger partial charge in [0.25, 0.3) is 5.91 Å². The van der Waals surface area contributed by atoms with Crippen LogP contribution in [0.1, 0.15) is 18.5 Å². The number of hydrogen-bond donors (Lipinski definition) is 2. The third-order valence-corrected chi connectivity index (χ3v) is 3.41. The summed E-state index contributed by atoms with van der Waals surface area (Å²) in [6, 6.07) is 13.4. The molecule has 0 unspecified atom stereocenters. The zero-order chi connectivity index (χ0) is 16.2. The first kappa shape index (κ1) is 14.7. The Morgan fingerprint density at radius 1 is 1.26 bits per heavy atom. The maximum absolute atomic E-state index is 12.2. The van der Waals surface area contributed by atoms with E-state index in [2.05, 4.69) is 20.8 Å². The lowest BCUT2D eigenvalue weighted by molar-refractivity contribution is -0.124. The van der Waals surface area contributed by atoms with E-state index in [4.69, 9.17) is 0 Å². The van der Waals surface area contributed by atoms with Crippen LogP contribution in [-0.2, 0) is 4.79 Å². The fourth-order valence-corrected chi connectivity index (χ4v) is 2.11. The van der Waals surface area contributed by atoms with E-state index in [1.165, 1.54) is 6.21 Å². The van der Waals surface area contributed by atoms with Crippen molar-refractivity contribution in [2.45, 2.75) is 13.0 Å². The molecule has 116 valence electrons. The fraction of sp³-hybridized carbons (Fsp3) is 0.125. The standard InChI is InChI=1S/C16H15N5O2/c1-11(21-15-5-3-2-4-14(15)18-20-21)16(23)19-17-10-12-6-8-13(22)9-7-12/h2-11,22H,1H3,(H,19,23)/b17-10-/t11-/m0/s1. The molecule has 0 aliphatic rings. The molecule has 0 saturated heterocycles. The summed E-state index contributed by atoms with van der Waals surface area (Å²) < 4.78 is 1.56. The summed E-state index contributed by atoms with van der Waals surface area (Å²) >= 11 is 0. The van der Waals surface area contributed by atoms with Gasteiger partial charge in [-0.1, -0.05) is 17.3 Å². The van der Waals surface area contributed by atoms with Crippen LogP contribution < -0.4 is 5.43 Å². The number of carbonyl (C=O) groups is 1. The zero-order valence-electron chi connectivity index (χ0n) is 12.4. The maximum Gasteiger partial charge on any atom is 0.264 e. The SMILES string of the molecule is C[C@@H](C(=O)N/N=C\c1ccc(O)cc1)n1nnc2ccccc21. The number of hydrazone groups is 1. The smallest absolute Gasteiger partial charge is 0.264 e. The minimum Gasteiger partial charge on any atom is -0.508 e. The van der Waals surface area contributed by atoms with Gasteiger partial charge in [0.2, 0.25) is 0 Å². The Labute approximate surface area is 132 Å². The van der Waals surface area contributed by atoms with Gasteiger partial charge in [-0.15, -0.1) is 5.10 Å². The number of hydrogen-bond acceptors (Lipinski definition) is 5. The first-order chi connectivity index (χ1) is 11.1. The Morgan fingerprint density at radius 2 is 2.00 bits per heavy atom. The van der Waals surface area contributed by atoms with Crippen molar-refractivity contribution < 1.29 is 9.90 Å². The van der Waals surface area contributed by atoms with Crippen molar-refractivity contribution in [3.05, 3.63) is 54.1 Å². The molecule has 0 bridgehead atoms. The highest BCUT2D eigenvalue weighted by atomic mass is 16.3. The van der Waals surface area contributed by atoms with Crippen LogP contribution in [0.2, 0.25) is 0 Å². The normalized spacial score (nSPS) is 12.6. The third kappa shape index (κ3) is 3.18. The Hall–Kier alpha value is -3.22. The van der Waals surface area contributed by atoms with Crippen LogP contribution in [0.4, 0.5) is 0 Å². The molecule has 2 aromatic carbocycles. The number of carbonyl (C=O) groups excluding carboxylic acids is 1. The number of rotatable bonds is 4. The van der Waals surface area contributed by atoms with Gasteiger partial charge in [-0.05, 0) is 48.9 Å². The molecule has 0 spiro atoms. The molecule has 1 heterocycles. The summed E-state index contributed by atoms with van der Waals surface area (Å²) in [5, 5.41) is 21.2. The second-order valence-corrected chi connectivity index (χ2v) is 5.02. The van der Waals surface area contributed by atoms with Gasteiger partial charge in [-0.2, -0.15) is 5.10 Å². The number of aromatic nitrogens is 3. The number of fused-ring (bicyclic) bond motifs is 1. The number of aromatic hydroxyl groups is 1. The highest BCUT2D eigenvalue weighted by Gasteiger charge is 2.17. The number of para-hydroxylation sites is 1. The van der Waals surface area contributed by atoms with Crippen LogP contribution in [0.15, 0.2) is 53.6 Å². The van der Waals surface area contributed by atoms with E-state index in [-0.39, 0.29) is 11.7 Å². The van der Waals surface area contributed by atoms with Gasteiger partial charge in [0.15, 0.2) is 0 Å². The molecule has 7 nitrogen and oxygen atoms in total. The molecule has 7 heteroatoms. The average molecular weight is 309 g/mol. The fourth-order valence-electron chi connectivity index (χ4n) is 2.11. The lowest BCUT2D eigenvalue weighted by Crippen LogP contribution is -2.28. The first-order valence-corrected chi connectivity index (χ1v) is 7.07. The summed E-state index contributed by atoms with van der Waals surface area (Å²) in [4.78, 5) is 12.2. The molecular formula is C16H15N5O2. The summed E-state index contributed by atoms with van der Waals surface area (Å²) in [5.41, 5.74) is 4.77. The molecule has 23 heavy (non-hydrogen) atoms. The summed E-state index contributed by atoms with van der Waals surface area (Å²) in [5.74, 6) is -0.117. The van der Waals surface area contributed by atoms with E-state index in [0.29, 0.717) is 0 Å². The first-order valence-electron chi connectivity index (χ1n) is 7.07. The lowest BCUT2D eigenvalue weighted by atomic mass is 10.2. The van der Waals surface area contributed by atoms with E-state index in [9.17, 15) is 9.90 Å². The van der Waals surface area contributed by atoms with Gasteiger partial charge < -0.3 is 5.11 Å². The molecule has 3 rings (SSSR count). The van der Waals surface area contributed by atoms with Crippen molar-refractivity contribution in [3.8, 4) is 5.75 Å². The van der Waals surface area contributed by atoms with E-state index in [1.807, 2.05) is 24.3 Å². The molecule has 2 N–H and O–H groups in total. The van der Waals surface area contributed by atoms with E-state index >= 15 is 0 Å². The third-order valence-electron chi connectivity index (χ3n) is 3.41. The number of phenols is 1. The molecule has 0 aliphatic heterocycles. The quantitative estimate of drug-likeness (QED) is 0.568. The van der Waals surface area contributed by atoms with E-state index in [0.717, 1.165) is 16.6 Å². The molecule has 1 atom stereocenters. The molecule has 1 amide bonds. The molecule has 0 fully saturated rings. The minimum absolute atomic E-state index is 0.179. The van der Waals surface area contributed by atoms with Crippen molar-refractivity contribution in [2.75, 3.05) is 0 Å². The number of phenolic OH excluding ortho intramolecular Hbond substituents is 1. The second-order valence-electron chi connectivity index (χ2n) is 5.02. The summed E-state index contributed by atoms with van der Waals surface area (Å²) in [7, 11) is 0. The minimum atomic E-state index is -0.542. The molecule has 3 aromatic rings. The molecule has 0 saturated carbocycles. The second kappa shape index (κ2) is 6.27. The topological polar surface area (TPSA) is 92.4 Å². The number of benzene rings is 2. The Bertz CT molecular complexity index is 854. The van der Waals surface area contributed by atoms with Gasteiger partial charge in [-0.3, -0.25) is 4.79 Å². The van der Waals surface area contributed by atoms with Gasteiger partial charge in [0.05, 0.1) is 11.7 Å². The Balaban J connectivity index is 1.69. The number of nitrogens with one attached hydrogen (secondary N) is 1. The van der Waals surface area contributed by atoms with Crippen LogP contribution in [0.5, 0.6) is 5.75 Å². The lowest BCUT2D eigenvalue weighted by Gasteiger charge is -2.10.